The van der Waals surface area contributed by atoms with E-state index >= 15 is 0 Å². The van der Waals surface area contributed by atoms with Crippen molar-refractivity contribution in [3.63, 3.8) is 0 Å². The van der Waals surface area contributed by atoms with Crippen molar-refractivity contribution >= 4 is 10.1 Å². The van der Waals surface area contributed by atoms with E-state index in [1.807, 2.05) is 0 Å². The molecule has 0 atom stereocenters. The van der Waals surface area contributed by atoms with Gasteiger partial charge in [0.15, 0.2) is 0 Å². The third-order valence-electron chi connectivity index (χ3n) is 1.30. The second-order valence-corrected chi connectivity index (χ2v) is 3.79. The Hall–Kier alpha value is 0.0900. The molecule has 6 heteroatoms. The summed E-state index contributed by atoms with van der Waals surface area (Å²) in [7, 11) is -3.51. The third-order valence-corrected chi connectivity index (χ3v) is 2.70. The van der Waals surface area contributed by atoms with Crippen molar-refractivity contribution in [1.29, 1.82) is 0 Å². The standard InChI is InChI=1S/C8H10O3S.H3N.Na/c1-2-11-12(9,10)8-6-4-3-5-7-8;;/h3-7H,2H2,1H3;1H3;/q;;+1. The Labute approximate surface area is 107 Å². The molecule has 0 radical (unpaired) electrons. The topological polar surface area (TPSA) is 78.4 Å². The van der Waals surface area contributed by atoms with Crippen LogP contribution in [-0.2, 0) is 14.3 Å². The van der Waals surface area contributed by atoms with Crippen LogP contribution < -0.4 is 35.7 Å². The van der Waals surface area contributed by atoms with Crippen molar-refractivity contribution in [1.82, 2.24) is 6.15 Å². The summed E-state index contributed by atoms with van der Waals surface area (Å²) in [6.45, 7) is 1.80. The van der Waals surface area contributed by atoms with E-state index in [2.05, 4.69) is 4.18 Å². The summed E-state index contributed by atoms with van der Waals surface area (Å²) in [4.78, 5) is 0.201. The molecule has 0 amide bonds. The van der Waals surface area contributed by atoms with Crippen molar-refractivity contribution < 1.29 is 42.2 Å². The van der Waals surface area contributed by atoms with Crippen LogP contribution >= 0.6 is 0 Å². The molecule has 1 aromatic rings. The predicted molar refractivity (Wildman–Crippen MR) is 50.3 cm³/mol. The SMILES string of the molecule is CCOS(=O)(=O)c1ccccc1.N.[Na+]. The van der Waals surface area contributed by atoms with Crippen LogP contribution in [0.5, 0.6) is 0 Å². The Morgan fingerprint density at radius 2 is 1.71 bits per heavy atom. The van der Waals surface area contributed by atoms with E-state index in [9.17, 15) is 8.42 Å². The smallest absolute Gasteiger partial charge is 0.344 e. The zero-order valence-electron chi connectivity index (χ0n) is 8.43. The molecule has 4 nitrogen and oxygen atoms in total. The molecule has 0 fully saturated rings. The van der Waals surface area contributed by atoms with E-state index in [0.717, 1.165) is 0 Å². The van der Waals surface area contributed by atoms with Crippen LogP contribution in [0.3, 0.4) is 0 Å². The Morgan fingerprint density at radius 1 is 1.21 bits per heavy atom. The normalized spacial score (nSPS) is 9.79. The molecule has 0 heterocycles. The summed E-state index contributed by atoms with van der Waals surface area (Å²) < 4.78 is 27.0. The fraction of sp³-hybridized carbons (Fsp3) is 0.250. The Kier molecular flexibility index (Phi) is 8.72. The molecule has 1 rings (SSSR count). The van der Waals surface area contributed by atoms with Crippen LogP contribution in [0.4, 0.5) is 0 Å². The van der Waals surface area contributed by atoms with Crippen molar-refractivity contribution in [3.8, 4) is 0 Å². The van der Waals surface area contributed by atoms with Crippen molar-refractivity contribution in [2.75, 3.05) is 6.61 Å². The fourth-order valence-corrected chi connectivity index (χ4v) is 1.75. The molecule has 0 saturated carbocycles. The average Bonchev–Trinajstić information content (AvgIpc) is 2.06. The first-order chi connectivity index (χ1) is 5.67. The van der Waals surface area contributed by atoms with E-state index in [4.69, 9.17) is 0 Å². The van der Waals surface area contributed by atoms with Crippen LogP contribution in [-0.4, -0.2) is 15.0 Å². The molecule has 0 aromatic heterocycles. The van der Waals surface area contributed by atoms with Gasteiger partial charge in [-0.25, -0.2) is 0 Å². The summed E-state index contributed by atoms with van der Waals surface area (Å²) in [5, 5.41) is 0. The van der Waals surface area contributed by atoms with Gasteiger partial charge in [0.25, 0.3) is 10.1 Å². The maximum atomic E-state index is 11.2. The van der Waals surface area contributed by atoms with Gasteiger partial charge in [-0.2, -0.15) is 8.42 Å². The van der Waals surface area contributed by atoms with Crippen molar-refractivity contribution in [2.24, 2.45) is 0 Å². The molecule has 3 N–H and O–H groups in total. The molecule has 1 aromatic carbocycles. The van der Waals surface area contributed by atoms with E-state index < -0.39 is 10.1 Å². The van der Waals surface area contributed by atoms with Crippen LogP contribution in [0.25, 0.3) is 0 Å². The predicted octanol–water partition coefficient (Wildman–Crippen LogP) is -1.42. The first-order valence-corrected chi connectivity index (χ1v) is 5.02. The van der Waals surface area contributed by atoms with Crippen molar-refractivity contribution in [3.05, 3.63) is 30.3 Å². The molecule has 0 aliphatic rings. The van der Waals surface area contributed by atoms with Gasteiger partial charge in [0.1, 0.15) is 0 Å². The van der Waals surface area contributed by atoms with Crippen LogP contribution in [0, 0.1) is 0 Å². The second kappa shape index (κ2) is 7.39. The molecule has 0 saturated heterocycles. The summed E-state index contributed by atoms with van der Waals surface area (Å²) >= 11 is 0. The van der Waals surface area contributed by atoms with Crippen LogP contribution in [0.15, 0.2) is 35.2 Å². The Morgan fingerprint density at radius 3 is 2.14 bits per heavy atom. The zero-order valence-corrected chi connectivity index (χ0v) is 11.3. The van der Waals surface area contributed by atoms with Gasteiger partial charge in [-0.3, -0.25) is 4.18 Å². The van der Waals surface area contributed by atoms with Crippen LogP contribution in [0.2, 0.25) is 0 Å². The van der Waals surface area contributed by atoms with Crippen LogP contribution in [0.1, 0.15) is 6.92 Å². The summed E-state index contributed by atoms with van der Waals surface area (Å²) in [6.07, 6.45) is 0. The number of benzene rings is 1. The molecular weight excluding hydrogens is 213 g/mol. The molecule has 14 heavy (non-hydrogen) atoms. The van der Waals surface area contributed by atoms with Gasteiger partial charge in [-0.05, 0) is 19.1 Å². The molecule has 74 valence electrons. The van der Waals surface area contributed by atoms with Gasteiger partial charge >= 0.3 is 29.6 Å². The average molecular weight is 226 g/mol. The summed E-state index contributed by atoms with van der Waals surface area (Å²) in [5.74, 6) is 0. The molecule has 0 bridgehead atoms. The van der Waals surface area contributed by atoms with Crippen molar-refractivity contribution in [2.45, 2.75) is 11.8 Å². The minimum Gasteiger partial charge on any atom is -0.344 e. The zero-order chi connectivity index (χ0) is 9.03. The summed E-state index contributed by atoms with van der Waals surface area (Å²) in [5.41, 5.74) is 0. The van der Waals surface area contributed by atoms with E-state index in [-0.39, 0.29) is 47.2 Å². The molecular formula is C8H13NNaO3S+. The fourth-order valence-electron chi connectivity index (χ4n) is 0.810. The minimum atomic E-state index is -3.51. The second-order valence-electron chi connectivity index (χ2n) is 2.17. The maximum Gasteiger partial charge on any atom is 1.00 e. The number of hydrogen-bond donors (Lipinski definition) is 1. The third kappa shape index (κ3) is 4.54. The van der Waals surface area contributed by atoms with Gasteiger partial charge in [0.05, 0.1) is 11.5 Å². The first-order valence-electron chi connectivity index (χ1n) is 3.61. The Balaban J connectivity index is 0. The van der Waals surface area contributed by atoms with E-state index in [1.54, 1.807) is 25.1 Å². The van der Waals surface area contributed by atoms with E-state index in [1.165, 1.54) is 12.1 Å². The quantitative estimate of drug-likeness (QED) is 0.506. The molecule has 0 unspecified atom stereocenters. The van der Waals surface area contributed by atoms with Gasteiger partial charge in [-0.15, -0.1) is 0 Å². The largest absolute Gasteiger partial charge is 1.00 e. The maximum absolute atomic E-state index is 11.2. The number of rotatable bonds is 3. The van der Waals surface area contributed by atoms with Gasteiger partial charge in [-0.1, -0.05) is 18.2 Å². The Bertz CT molecular complexity index is 339. The van der Waals surface area contributed by atoms with Gasteiger partial charge in [0, 0.05) is 0 Å². The molecule has 0 aliphatic carbocycles. The minimum absolute atomic E-state index is 0. The first kappa shape index (κ1) is 16.5. The van der Waals surface area contributed by atoms with Gasteiger partial charge in [0.2, 0.25) is 0 Å². The summed E-state index contributed by atoms with van der Waals surface area (Å²) in [6, 6.07) is 8.08. The monoisotopic (exact) mass is 226 g/mol. The number of hydrogen-bond acceptors (Lipinski definition) is 4. The van der Waals surface area contributed by atoms with E-state index in [0.29, 0.717) is 0 Å². The molecule has 0 spiro atoms. The molecule has 0 aliphatic heterocycles. The van der Waals surface area contributed by atoms with Gasteiger partial charge < -0.3 is 6.15 Å².